The SMILES string of the molecule is O=C(CSc1ccc(NC(=O)/C(=C/c2ccc(Cl)cc2)NC(=O)c2ccccc2)cc1)Nc1nc(-c2ccc3ccccc3c2)cs1. The molecule has 6 aromatic rings. The molecule has 0 radical (unpaired) electrons. The number of hydrogen-bond donors (Lipinski definition) is 3. The number of nitrogens with one attached hydrogen (secondary N) is 3. The number of hydrogen-bond acceptors (Lipinski definition) is 6. The van der Waals surface area contributed by atoms with Gasteiger partial charge in [-0.25, -0.2) is 4.98 Å². The number of anilines is 2. The quantitative estimate of drug-likeness (QED) is 0.0997. The topological polar surface area (TPSA) is 100 Å². The smallest absolute Gasteiger partial charge is 0.272 e. The number of nitrogens with zero attached hydrogens (tertiary/aromatic N) is 1. The fourth-order valence-electron chi connectivity index (χ4n) is 4.62. The summed E-state index contributed by atoms with van der Waals surface area (Å²) in [7, 11) is 0. The Balaban J connectivity index is 1.05. The van der Waals surface area contributed by atoms with Gasteiger partial charge in [-0.05, 0) is 77.0 Å². The lowest BCUT2D eigenvalue weighted by Crippen LogP contribution is -2.30. The predicted molar refractivity (Wildman–Crippen MR) is 193 cm³/mol. The highest BCUT2D eigenvalue weighted by Crippen LogP contribution is 2.28. The van der Waals surface area contributed by atoms with Crippen molar-refractivity contribution in [2.45, 2.75) is 4.90 Å². The molecule has 0 unspecified atom stereocenters. The molecule has 5 aromatic carbocycles. The van der Waals surface area contributed by atoms with Gasteiger partial charge in [0.05, 0.1) is 11.4 Å². The zero-order chi connectivity index (χ0) is 32.6. The number of aromatic nitrogens is 1. The number of fused-ring (bicyclic) bond motifs is 1. The maximum Gasteiger partial charge on any atom is 0.272 e. The van der Waals surface area contributed by atoms with Crippen molar-refractivity contribution in [3.8, 4) is 11.3 Å². The van der Waals surface area contributed by atoms with Gasteiger partial charge in [-0.15, -0.1) is 23.1 Å². The van der Waals surface area contributed by atoms with Crippen molar-refractivity contribution in [2.75, 3.05) is 16.4 Å². The summed E-state index contributed by atoms with van der Waals surface area (Å²) in [6.45, 7) is 0. The van der Waals surface area contributed by atoms with E-state index in [0.29, 0.717) is 27.0 Å². The maximum atomic E-state index is 13.3. The molecule has 1 heterocycles. The maximum absolute atomic E-state index is 13.3. The Kier molecular flexibility index (Phi) is 10.1. The Morgan fingerprint density at radius 2 is 1.51 bits per heavy atom. The van der Waals surface area contributed by atoms with Crippen LogP contribution in [0.15, 0.2) is 137 Å². The molecule has 0 spiro atoms. The second-order valence-corrected chi connectivity index (χ2v) is 12.7. The highest BCUT2D eigenvalue weighted by molar-refractivity contribution is 8.00. The monoisotopic (exact) mass is 674 g/mol. The second kappa shape index (κ2) is 14.9. The van der Waals surface area contributed by atoms with E-state index in [1.54, 1.807) is 66.7 Å². The van der Waals surface area contributed by atoms with Crippen molar-refractivity contribution < 1.29 is 14.4 Å². The van der Waals surface area contributed by atoms with E-state index in [1.165, 1.54) is 23.1 Å². The third-order valence-corrected chi connectivity index (χ3v) is 9.01. The molecule has 3 amide bonds. The molecule has 0 aliphatic carbocycles. The fourth-order valence-corrected chi connectivity index (χ4v) is 6.18. The fraction of sp³-hybridized carbons (Fsp3) is 0.0270. The number of thiazole rings is 1. The van der Waals surface area contributed by atoms with E-state index >= 15 is 0 Å². The first-order chi connectivity index (χ1) is 22.9. The number of thioether (sulfide) groups is 1. The standard InChI is InChI=1S/C37H27ClN4O3S2/c38-29-14-10-24(11-15-29)20-32(40-35(44)26-7-2-1-3-8-26)36(45)39-30-16-18-31(19-17-30)46-23-34(43)42-37-41-33(22-47-37)28-13-12-25-6-4-5-9-27(25)21-28/h1-22H,23H2,(H,39,45)(H,40,44)(H,41,42,43)/b32-20-. The zero-order valence-corrected chi connectivity index (χ0v) is 27.2. The minimum absolute atomic E-state index is 0.0715. The number of amides is 3. The zero-order valence-electron chi connectivity index (χ0n) is 24.8. The van der Waals surface area contributed by atoms with E-state index in [-0.39, 0.29) is 17.4 Å². The first kappa shape index (κ1) is 31.7. The lowest BCUT2D eigenvalue weighted by Gasteiger charge is -2.12. The third-order valence-electron chi connectivity index (χ3n) is 6.99. The van der Waals surface area contributed by atoms with Crippen molar-refractivity contribution >= 4 is 80.1 Å². The lowest BCUT2D eigenvalue weighted by molar-refractivity contribution is -0.114. The van der Waals surface area contributed by atoms with Gasteiger partial charge in [-0.1, -0.05) is 78.3 Å². The molecule has 3 N–H and O–H groups in total. The summed E-state index contributed by atoms with van der Waals surface area (Å²) < 4.78 is 0. The summed E-state index contributed by atoms with van der Waals surface area (Å²) in [5.74, 6) is -0.877. The van der Waals surface area contributed by atoms with E-state index < -0.39 is 11.8 Å². The summed E-state index contributed by atoms with van der Waals surface area (Å²) in [5, 5.41) is 13.8. The first-order valence-corrected chi connectivity index (χ1v) is 16.8. The molecular weight excluding hydrogens is 648 g/mol. The van der Waals surface area contributed by atoms with Crippen LogP contribution < -0.4 is 16.0 Å². The number of carbonyl (C=O) groups excluding carboxylic acids is 3. The van der Waals surface area contributed by atoms with E-state index in [9.17, 15) is 14.4 Å². The van der Waals surface area contributed by atoms with Crippen LogP contribution in [0.1, 0.15) is 15.9 Å². The Bertz CT molecular complexity index is 2080. The Hall–Kier alpha value is -5.22. The van der Waals surface area contributed by atoms with Crippen LogP contribution in [-0.2, 0) is 9.59 Å². The molecule has 232 valence electrons. The number of carbonyl (C=O) groups is 3. The van der Waals surface area contributed by atoms with Crippen molar-refractivity contribution in [3.05, 3.63) is 149 Å². The van der Waals surface area contributed by atoms with Gasteiger partial charge in [0.15, 0.2) is 5.13 Å². The Morgan fingerprint density at radius 1 is 0.787 bits per heavy atom. The van der Waals surface area contributed by atoms with Crippen LogP contribution in [0.5, 0.6) is 0 Å². The van der Waals surface area contributed by atoms with Gasteiger partial charge < -0.3 is 16.0 Å². The summed E-state index contributed by atoms with van der Waals surface area (Å²) in [4.78, 5) is 44.3. The van der Waals surface area contributed by atoms with E-state index in [0.717, 1.165) is 26.9 Å². The van der Waals surface area contributed by atoms with Gasteiger partial charge in [0.2, 0.25) is 5.91 Å². The molecule has 0 bridgehead atoms. The molecule has 1 aromatic heterocycles. The van der Waals surface area contributed by atoms with E-state index in [2.05, 4.69) is 45.2 Å². The molecule has 7 nitrogen and oxygen atoms in total. The average Bonchev–Trinajstić information content (AvgIpc) is 3.57. The normalized spacial score (nSPS) is 11.2. The summed E-state index contributed by atoms with van der Waals surface area (Å²) in [5.41, 5.74) is 3.53. The summed E-state index contributed by atoms with van der Waals surface area (Å²) in [6.07, 6.45) is 1.59. The predicted octanol–water partition coefficient (Wildman–Crippen LogP) is 8.76. The minimum Gasteiger partial charge on any atom is -0.321 e. The van der Waals surface area contributed by atoms with Crippen molar-refractivity contribution in [2.24, 2.45) is 0 Å². The molecule has 10 heteroatoms. The number of rotatable bonds is 10. The van der Waals surface area contributed by atoms with Crippen molar-refractivity contribution in [1.82, 2.24) is 10.3 Å². The highest BCUT2D eigenvalue weighted by Gasteiger charge is 2.16. The Morgan fingerprint density at radius 3 is 2.28 bits per heavy atom. The van der Waals surface area contributed by atoms with Gasteiger partial charge in [0.1, 0.15) is 5.70 Å². The molecular formula is C37H27ClN4O3S2. The summed E-state index contributed by atoms with van der Waals surface area (Å²) in [6, 6.07) is 37.0. The average molecular weight is 675 g/mol. The van der Waals surface area contributed by atoms with Crippen LogP contribution in [0.4, 0.5) is 10.8 Å². The van der Waals surface area contributed by atoms with Gasteiger partial charge in [-0.2, -0.15) is 0 Å². The third kappa shape index (κ3) is 8.53. The summed E-state index contributed by atoms with van der Waals surface area (Å²) >= 11 is 8.76. The first-order valence-electron chi connectivity index (χ1n) is 14.5. The number of benzene rings is 5. The van der Waals surface area contributed by atoms with Gasteiger partial charge in [0, 0.05) is 32.1 Å². The largest absolute Gasteiger partial charge is 0.321 e. The molecule has 0 saturated heterocycles. The van der Waals surface area contributed by atoms with E-state index in [4.69, 9.17) is 11.6 Å². The molecule has 0 aliphatic rings. The van der Waals surface area contributed by atoms with Crippen LogP contribution in [-0.4, -0.2) is 28.5 Å². The second-order valence-electron chi connectivity index (χ2n) is 10.3. The molecule has 0 fully saturated rings. The van der Waals surface area contributed by atoms with Crippen molar-refractivity contribution in [3.63, 3.8) is 0 Å². The van der Waals surface area contributed by atoms with Gasteiger partial charge in [-0.3, -0.25) is 14.4 Å². The van der Waals surface area contributed by atoms with Crippen LogP contribution in [0.3, 0.4) is 0 Å². The highest BCUT2D eigenvalue weighted by atomic mass is 35.5. The van der Waals surface area contributed by atoms with Crippen LogP contribution >= 0.6 is 34.7 Å². The van der Waals surface area contributed by atoms with Gasteiger partial charge >= 0.3 is 0 Å². The van der Waals surface area contributed by atoms with Gasteiger partial charge in [0.25, 0.3) is 11.8 Å². The van der Waals surface area contributed by atoms with Crippen LogP contribution in [0.2, 0.25) is 5.02 Å². The number of halogens is 1. The molecule has 0 aliphatic heterocycles. The van der Waals surface area contributed by atoms with Crippen LogP contribution in [0, 0.1) is 0 Å². The van der Waals surface area contributed by atoms with Crippen molar-refractivity contribution in [1.29, 1.82) is 0 Å². The van der Waals surface area contributed by atoms with Crippen LogP contribution in [0.25, 0.3) is 28.1 Å². The molecule has 0 saturated carbocycles. The minimum atomic E-state index is -0.490. The molecule has 6 rings (SSSR count). The lowest BCUT2D eigenvalue weighted by atomic mass is 10.1. The molecule has 47 heavy (non-hydrogen) atoms. The van der Waals surface area contributed by atoms with E-state index in [1.807, 2.05) is 41.8 Å². The Labute approximate surface area is 284 Å². The molecule has 0 atom stereocenters.